The van der Waals surface area contributed by atoms with E-state index in [0.717, 1.165) is 24.1 Å². The second-order valence-electron chi connectivity index (χ2n) is 28.0. The van der Waals surface area contributed by atoms with Crippen molar-refractivity contribution in [1.82, 2.24) is 0 Å². The molecule has 70 heavy (non-hydrogen) atoms. The molecule has 3 heterocycles. The molecule has 4 aromatic carbocycles. The molecule has 3 unspecified atom stereocenters. The van der Waals surface area contributed by atoms with Crippen LogP contribution in [-0.4, -0.2) is 6.71 Å². The Bertz CT molecular complexity index is 3120. The highest BCUT2D eigenvalue weighted by atomic mass is 16.3. The first-order valence-corrected chi connectivity index (χ1v) is 27.1. The average Bonchev–Trinajstić information content (AvgIpc) is 3.67. The second kappa shape index (κ2) is 15.5. The maximum atomic E-state index is 7.57. The smallest absolute Gasteiger partial charge is 0.297 e. The Morgan fingerprint density at radius 1 is 0.671 bits per heavy atom. The molecule has 4 aliphatic carbocycles. The Balaban J connectivity index is 1.24. The van der Waals surface area contributed by atoms with Crippen molar-refractivity contribution in [3.05, 3.63) is 136 Å². The van der Waals surface area contributed by atoms with E-state index in [9.17, 15) is 0 Å². The third-order valence-corrected chi connectivity index (χ3v) is 18.8. The maximum Gasteiger partial charge on any atom is 0.297 e. The van der Waals surface area contributed by atoms with Gasteiger partial charge in [-0.3, -0.25) is 0 Å². The molecule has 3 atom stereocenters. The highest BCUT2D eigenvalue weighted by Gasteiger charge is 2.51. The molecule has 1 aromatic heterocycles. The number of nitrogens with zero attached hydrogens (tertiary/aromatic N) is 2. The van der Waals surface area contributed by atoms with Crippen molar-refractivity contribution in [2.75, 3.05) is 9.80 Å². The average molecular weight is 929 g/mol. The Morgan fingerprint density at radius 3 is 1.96 bits per heavy atom. The molecule has 6 aliphatic rings. The van der Waals surface area contributed by atoms with Crippen molar-refractivity contribution < 1.29 is 4.42 Å². The van der Waals surface area contributed by atoms with Gasteiger partial charge in [0.05, 0.1) is 17.0 Å². The summed E-state index contributed by atoms with van der Waals surface area (Å²) >= 11 is 0. The lowest BCUT2D eigenvalue weighted by Crippen LogP contribution is -2.62. The summed E-state index contributed by atoms with van der Waals surface area (Å²) in [6.07, 6.45) is 21.1. The molecule has 3 nitrogen and oxygen atoms in total. The van der Waals surface area contributed by atoms with Crippen LogP contribution in [0.5, 0.6) is 0 Å². The Labute approximate surface area is 422 Å². The summed E-state index contributed by atoms with van der Waals surface area (Å²) in [4.78, 5) is 5.37. The van der Waals surface area contributed by atoms with Crippen LogP contribution in [0.4, 0.5) is 28.4 Å². The van der Waals surface area contributed by atoms with Crippen LogP contribution in [0.2, 0.25) is 0 Å². The van der Waals surface area contributed by atoms with E-state index >= 15 is 0 Å². The number of furan rings is 1. The SMILES string of the molecule is Cc1cc2c3c(c1)N(c1ccc(C(C)C)cc1C1=CCC(C(C)(C)C)C=C1)c1c(oc4ccc(C(C)(C)C)cc14)B3c1cc3c(cc1N2C1=CC2C(C=C1)C(C)(C)CCC2(C)C)C(C)(C)CCC3(C)C. The molecular weight excluding hydrogens is 848 g/mol. The fourth-order valence-electron chi connectivity index (χ4n) is 13.7. The number of allylic oxidation sites excluding steroid dienone is 7. The quantitative estimate of drug-likeness (QED) is 0.164. The van der Waals surface area contributed by atoms with Crippen LogP contribution in [0, 0.1) is 40.9 Å². The molecule has 0 bridgehead atoms. The topological polar surface area (TPSA) is 19.6 Å². The summed E-state index contributed by atoms with van der Waals surface area (Å²) in [5.41, 5.74) is 22.4. The molecule has 4 heteroatoms. The predicted octanol–water partition coefficient (Wildman–Crippen LogP) is 16.8. The van der Waals surface area contributed by atoms with E-state index in [1.165, 1.54) is 109 Å². The number of benzene rings is 4. The number of hydrogen-bond donors (Lipinski definition) is 0. The van der Waals surface area contributed by atoms with E-state index in [1.807, 2.05) is 0 Å². The van der Waals surface area contributed by atoms with Crippen molar-refractivity contribution >= 4 is 68.3 Å². The van der Waals surface area contributed by atoms with Crippen LogP contribution in [0.1, 0.15) is 182 Å². The minimum atomic E-state index is -0.106. The molecule has 5 aromatic rings. The number of anilines is 5. The molecule has 11 rings (SSSR count). The molecule has 0 radical (unpaired) electrons. The lowest BCUT2D eigenvalue weighted by atomic mass is 9.35. The molecule has 0 spiro atoms. The van der Waals surface area contributed by atoms with Crippen molar-refractivity contribution in [3.63, 3.8) is 0 Å². The minimum Gasteiger partial charge on any atom is -0.468 e. The van der Waals surface area contributed by atoms with E-state index in [1.54, 1.807) is 0 Å². The summed E-state index contributed by atoms with van der Waals surface area (Å²) in [7, 11) is 0. The fourth-order valence-corrected chi connectivity index (χ4v) is 13.7. The van der Waals surface area contributed by atoms with E-state index in [0.29, 0.717) is 23.7 Å². The van der Waals surface area contributed by atoms with Crippen LogP contribution in [0.15, 0.2) is 107 Å². The molecule has 0 N–H and O–H groups in total. The summed E-state index contributed by atoms with van der Waals surface area (Å²) in [5.74, 6) is 1.80. The fraction of sp³-hybridized carbons (Fsp3) is 0.485. The van der Waals surface area contributed by atoms with Gasteiger partial charge in [-0.1, -0.05) is 159 Å². The third-order valence-electron chi connectivity index (χ3n) is 18.8. The van der Waals surface area contributed by atoms with Gasteiger partial charge in [0.2, 0.25) is 0 Å². The summed E-state index contributed by atoms with van der Waals surface area (Å²) in [5, 5.41) is 1.19. The number of aryl methyl sites for hydroxylation is 1. The third kappa shape index (κ3) is 7.32. The first-order chi connectivity index (χ1) is 32.7. The number of fused-ring (bicyclic) bond motifs is 8. The highest BCUT2D eigenvalue weighted by Crippen LogP contribution is 2.57. The Morgan fingerprint density at radius 2 is 1.33 bits per heavy atom. The Kier molecular flexibility index (Phi) is 10.5. The van der Waals surface area contributed by atoms with Crippen molar-refractivity contribution in [2.45, 2.75) is 172 Å². The molecule has 0 saturated heterocycles. The van der Waals surface area contributed by atoms with Gasteiger partial charge >= 0.3 is 0 Å². The second-order valence-corrected chi connectivity index (χ2v) is 28.0. The van der Waals surface area contributed by atoms with Gasteiger partial charge in [0, 0.05) is 33.7 Å². The van der Waals surface area contributed by atoms with E-state index in [2.05, 4.69) is 225 Å². The van der Waals surface area contributed by atoms with Gasteiger partial charge in [0.15, 0.2) is 0 Å². The van der Waals surface area contributed by atoms with E-state index in [4.69, 9.17) is 4.42 Å². The standard InChI is InChI=1S/C66H81BN2O/c1-39(2)42-20-26-53(46(34-42)41-18-21-43(22-19-41)61(4,5)6)69-56-33-40(3)32-55-58(56)67(60-59(69)47-35-44(62(7,8)9)23-27-57(47)70-60)52-37-50-51(66(16,17)31-30-65(50,14)15)38-54(52)68(55)45-24-25-48-49(36-45)64(12,13)29-28-63(48,10)11/h18-21,23-27,32-39,43,48-49H,22,28-31H2,1-17H3. The van der Waals surface area contributed by atoms with Crippen LogP contribution in [-0.2, 0) is 16.2 Å². The number of rotatable bonds is 4. The summed E-state index contributed by atoms with van der Waals surface area (Å²) in [6, 6.07) is 24.7. The van der Waals surface area contributed by atoms with Gasteiger partial charge in [-0.2, -0.15) is 0 Å². The molecule has 364 valence electrons. The molecule has 2 aliphatic heterocycles. The van der Waals surface area contributed by atoms with Gasteiger partial charge in [0.1, 0.15) is 5.58 Å². The van der Waals surface area contributed by atoms with Gasteiger partial charge < -0.3 is 14.2 Å². The van der Waals surface area contributed by atoms with Crippen molar-refractivity contribution in [2.24, 2.45) is 34.0 Å². The zero-order valence-electron chi connectivity index (χ0n) is 46.0. The molecule has 1 fully saturated rings. The first kappa shape index (κ1) is 47.4. The largest absolute Gasteiger partial charge is 0.468 e. The summed E-state index contributed by atoms with van der Waals surface area (Å²) < 4.78 is 7.57. The minimum absolute atomic E-state index is 0.0371. The molecular formula is C66H81BN2O. The lowest BCUT2D eigenvalue weighted by Gasteiger charge is -2.52. The highest BCUT2D eigenvalue weighted by molar-refractivity contribution is 7.00. The normalized spacial score (nSPS) is 23.6. The van der Waals surface area contributed by atoms with Crippen molar-refractivity contribution in [1.29, 1.82) is 0 Å². The van der Waals surface area contributed by atoms with Gasteiger partial charge in [-0.05, 0) is 188 Å². The van der Waals surface area contributed by atoms with Gasteiger partial charge in [-0.25, -0.2) is 0 Å². The lowest BCUT2D eigenvalue weighted by molar-refractivity contribution is 0.0327. The summed E-state index contributed by atoms with van der Waals surface area (Å²) in [6.45, 7) is 41.0. The van der Waals surface area contributed by atoms with Crippen molar-refractivity contribution in [3.8, 4) is 0 Å². The molecule has 0 amide bonds. The van der Waals surface area contributed by atoms with Gasteiger partial charge in [-0.15, -0.1) is 0 Å². The predicted molar refractivity (Wildman–Crippen MR) is 303 cm³/mol. The number of hydrogen-bond acceptors (Lipinski definition) is 3. The molecule has 1 saturated carbocycles. The zero-order valence-corrected chi connectivity index (χ0v) is 46.0. The first-order valence-electron chi connectivity index (χ1n) is 27.1. The zero-order chi connectivity index (χ0) is 50.0. The van der Waals surface area contributed by atoms with Crippen LogP contribution < -0.4 is 26.4 Å². The van der Waals surface area contributed by atoms with Crippen LogP contribution in [0.25, 0.3) is 16.5 Å². The Hall–Kier alpha value is -4.96. The van der Waals surface area contributed by atoms with Gasteiger partial charge in [0.25, 0.3) is 6.71 Å². The monoisotopic (exact) mass is 929 g/mol. The van der Waals surface area contributed by atoms with E-state index < -0.39 is 0 Å². The van der Waals surface area contributed by atoms with E-state index in [-0.39, 0.29) is 39.2 Å². The maximum absolute atomic E-state index is 7.57. The van der Waals surface area contributed by atoms with Crippen LogP contribution >= 0.6 is 0 Å². The van der Waals surface area contributed by atoms with Crippen LogP contribution in [0.3, 0.4) is 0 Å².